The van der Waals surface area contributed by atoms with Crippen molar-refractivity contribution < 1.29 is 9.72 Å². The van der Waals surface area contributed by atoms with Gasteiger partial charge in [-0.05, 0) is 44.0 Å². The van der Waals surface area contributed by atoms with Gasteiger partial charge in [0.05, 0.1) is 10.3 Å². The van der Waals surface area contributed by atoms with Crippen molar-refractivity contribution in [2.24, 2.45) is 0 Å². The smallest absolute Gasteiger partial charge is 0.269 e. The van der Waals surface area contributed by atoms with Crippen LogP contribution in [0.25, 0.3) is 0 Å². The van der Waals surface area contributed by atoms with E-state index in [4.69, 9.17) is 11.6 Å². The normalized spacial score (nSPS) is 11.1. The third-order valence-electron chi connectivity index (χ3n) is 3.82. The maximum atomic E-state index is 12.6. The van der Waals surface area contributed by atoms with Gasteiger partial charge in [0.25, 0.3) is 5.69 Å². The Morgan fingerprint density at radius 2 is 1.78 bits per heavy atom. The molecule has 0 saturated heterocycles. The predicted molar refractivity (Wildman–Crippen MR) is 90.9 cm³/mol. The number of carbonyl (C=O) groups is 1. The molecule has 0 aromatic heterocycles. The molecule has 0 saturated carbocycles. The van der Waals surface area contributed by atoms with Gasteiger partial charge in [0.15, 0.2) is 0 Å². The Morgan fingerprint density at radius 1 is 1.17 bits per heavy atom. The minimum Gasteiger partial charge on any atom is -0.325 e. The van der Waals surface area contributed by atoms with Gasteiger partial charge < -0.3 is 5.32 Å². The molecule has 0 aliphatic rings. The van der Waals surface area contributed by atoms with Crippen molar-refractivity contribution in [2.45, 2.75) is 26.2 Å². The maximum absolute atomic E-state index is 12.6. The highest BCUT2D eigenvalue weighted by Crippen LogP contribution is 2.28. The van der Waals surface area contributed by atoms with Crippen LogP contribution in [0.4, 0.5) is 11.4 Å². The number of carbonyl (C=O) groups excluding carboxylic acids is 1. The first-order chi connectivity index (χ1) is 10.7. The number of amides is 1. The minimum absolute atomic E-state index is 0.00403. The molecule has 2 aromatic carbocycles. The molecule has 1 amide bonds. The number of halogens is 1. The summed E-state index contributed by atoms with van der Waals surface area (Å²) in [7, 11) is 0. The van der Waals surface area contributed by atoms with Gasteiger partial charge in [-0.15, -0.1) is 0 Å². The van der Waals surface area contributed by atoms with E-state index in [0.29, 0.717) is 16.3 Å². The lowest BCUT2D eigenvalue weighted by molar-refractivity contribution is -0.384. The fraction of sp³-hybridized carbons (Fsp3) is 0.235. The van der Waals surface area contributed by atoms with E-state index in [9.17, 15) is 14.9 Å². The van der Waals surface area contributed by atoms with Crippen LogP contribution in [0.5, 0.6) is 0 Å². The predicted octanol–water partition coefficient (Wildman–Crippen LogP) is 4.47. The minimum atomic E-state index is -0.843. The summed E-state index contributed by atoms with van der Waals surface area (Å²) in [5.41, 5.74) is 1.40. The highest BCUT2D eigenvalue weighted by molar-refractivity contribution is 6.31. The van der Waals surface area contributed by atoms with Crippen molar-refractivity contribution in [1.29, 1.82) is 0 Å². The van der Waals surface area contributed by atoms with Crippen LogP contribution in [0.1, 0.15) is 25.0 Å². The van der Waals surface area contributed by atoms with E-state index in [1.165, 1.54) is 12.1 Å². The first-order valence-electron chi connectivity index (χ1n) is 7.04. The van der Waals surface area contributed by atoms with Crippen LogP contribution < -0.4 is 5.32 Å². The Balaban J connectivity index is 2.25. The summed E-state index contributed by atoms with van der Waals surface area (Å²) in [5, 5.41) is 14.1. The summed E-state index contributed by atoms with van der Waals surface area (Å²) in [6.45, 7) is 5.41. The average molecular weight is 333 g/mol. The first-order valence-corrected chi connectivity index (χ1v) is 7.42. The second kappa shape index (κ2) is 6.38. The number of rotatable bonds is 4. The number of nitrogens with zero attached hydrogens (tertiary/aromatic N) is 1. The van der Waals surface area contributed by atoms with Crippen LogP contribution in [0.3, 0.4) is 0 Å². The quantitative estimate of drug-likeness (QED) is 0.663. The zero-order chi connectivity index (χ0) is 17.2. The molecule has 2 rings (SSSR count). The van der Waals surface area contributed by atoms with Crippen molar-refractivity contribution >= 4 is 28.9 Å². The molecule has 0 fully saturated rings. The van der Waals surface area contributed by atoms with Gasteiger partial charge in [-0.3, -0.25) is 14.9 Å². The summed E-state index contributed by atoms with van der Waals surface area (Å²) in [6.07, 6.45) is 0. The molecule has 0 bridgehead atoms. The number of benzene rings is 2. The lowest BCUT2D eigenvalue weighted by Crippen LogP contribution is -2.34. The van der Waals surface area contributed by atoms with Crippen molar-refractivity contribution in [3.63, 3.8) is 0 Å². The molecule has 2 aromatic rings. The van der Waals surface area contributed by atoms with Crippen LogP contribution in [-0.4, -0.2) is 10.8 Å². The highest BCUT2D eigenvalue weighted by Gasteiger charge is 2.30. The first kappa shape index (κ1) is 17.0. The second-order valence-electron chi connectivity index (χ2n) is 5.84. The van der Waals surface area contributed by atoms with Crippen LogP contribution >= 0.6 is 11.6 Å². The Bertz CT molecular complexity index is 755. The number of non-ortho nitro benzene ring substituents is 1. The number of nitro groups is 1. The van der Waals surface area contributed by atoms with E-state index in [0.717, 1.165) is 5.56 Å². The van der Waals surface area contributed by atoms with Gasteiger partial charge >= 0.3 is 0 Å². The number of aryl methyl sites for hydroxylation is 1. The summed E-state index contributed by atoms with van der Waals surface area (Å²) in [6, 6.07) is 11.3. The number of anilines is 1. The standard InChI is InChI=1S/C17H17ClN2O3/c1-11-4-7-13(18)10-15(11)19-16(21)17(2,3)12-5-8-14(9-6-12)20(22)23/h4-10H,1-3H3,(H,19,21). The van der Waals surface area contributed by atoms with Crippen LogP contribution in [0.15, 0.2) is 42.5 Å². The van der Waals surface area contributed by atoms with Gasteiger partial charge in [0.1, 0.15) is 0 Å². The molecule has 0 aliphatic carbocycles. The number of nitro benzene ring substituents is 1. The molecule has 0 atom stereocenters. The molecule has 120 valence electrons. The zero-order valence-corrected chi connectivity index (χ0v) is 13.8. The molecule has 23 heavy (non-hydrogen) atoms. The number of hydrogen-bond donors (Lipinski definition) is 1. The van der Waals surface area contributed by atoms with Gasteiger partial charge in [0, 0.05) is 22.8 Å². The average Bonchev–Trinajstić information content (AvgIpc) is 2.50. The van der Waals surface area contributed by atoms with Crippen LogP contribution in [0, 0.1) is 17.0 Å². The lowest BCUT2D eigenvalue weighted by atomic mass is 9.83. The molecule has 0 unspecified atom stereocenters. The van der Waals surface area contributed by atoms with Crippen LogP contribution in [0.2, 0.25) is 5.02 Å². The van der Waals surface area contributed by atoms with Crippen molar-refractivity contribution in [2.75, 3.05) is 5.32 Å². The molecular formula is C17H17ClN2O3. The number of nitrogens with one attached hydrogen (secondary N) is 1. The van der Waals surface area contributed by atoms with E-state index < -0.39 is 10.3 Å². The topological polar surface area (TPSA) is 72.2 Å². The maximum Gasteiger partial charge on any atom is 0.269 e. The van der Waals surface area contributed by atoms with Gasteiger partial charge in [0.2, 0.25) is 5.91 Å². The zero-order valence-electron chi connectivity index (χ0n) is 13.1. The lowest BCUT2D eigenvalue weighted by Gasteiger charge is -2.24. The Hall–Kier alpha value is -2.40. The summed E-state index contributed by atoms with van der Waals surface area (Å²) in [4.78, 5) is 22.9. The molecule has 1 N–H and O–H groups in total. The molecule has 5 nitrogen and oxygen atoms in total. The van der Waals surface area contributed by atoms with Gasteiger partial charge in [-0.25, -0.2) is 0 Å². The fourth-order valence-corrected chi connectivity index (χ4v) is 2.31. The van der Waals surface area contributed by atoms with Gasteiger partial charge in [-0.2, -0.15) is 0 Å². The second-order valence-corrected chi connectivity index (χ2v) is 6.28. The van der Waals surface area contributed by atoms with Crippen molar-refractivity contribution in [1.82, 2.24) is 0 Å². The summed E-state index contributed by atoms with van der Waals surface area (Å²) in [5.74, 6) is -0.211. The summed E-state index contributed by atoms with van der Waals surface area (Å²) < 4.78 is 0. The largest absolute Gasteiger partial charge is 0.325 e. The molecule has 0 spiro atoms. The monoisotopic (exact) mass is 332 g/mol. The molecular weight excluding hydrogens is 316 g/mol. The van der Waals surface area contributed by atoms with E-state index >= 15 is 0 Å². The van der Waals surface area contributed by atoms with E-state index in [-0.39, 0.29) is 11.6 Å². The van der Waals surface area contributed by atoms with Gasteiger partial charge in [-0.1, -0.05) is 29.8 Å². The third-order valence-corrected chi connectivity index (χ3v) is 4.05. The third kappa shape index (κ3) is 3.68. The SMILES string of the molecule is Cc1ccc(Cl)cc1NC(=O)C(C)(C)c1ccc([N+](=O)[O-])cc1. The fourth-order valence-electron chi connectivity index (χ4n) is 2.14. The Morgan fingerprint density at radius 3 is 2.35 bits per heavy atom. The Kier molecular flexibility index (Phi) is 4.71. The molecule has 0 heterocycles. The number of hydrogen-bond acceptors (Lipinski definition) is 3. The molecule has 6 heteroatoms. The Labute approximate surface area is 139 Å². The van der Waals surface area contributed by atoms with E-state index in [1.807, 2.05) is 13.0 Å². The highest BCUT2D eigenvalue weighted by atomic mass is 35.5. The molecule has 0 radical (unpaired) electrons. The van der Waals surface area contributed by atoms with Crippen molar-refractivity contribution in [3.8, 4) is 0 Å². The van der Waals surface area contributed by atoms with E-state index in [1.54, 1.807) is 38.1 Å². The van der Waals surface area contributed by atoms with Crippen molar-refractivity contribution in [3.05, 3.63) is 68.7 Å². The van der Waals surface area contributed by atoms with E-state index in [2.05, 4.69) is 5.32 Å². The molecule has 0 aliphatic heterocycles. The van der Waals surface area contributed by atoms with Crippen LogP contribution in [-0.2, 0) is 10.2 Å². The summed E-state index contributed by atoms with van der Waals surface area (Å²) >= 11 is 5.96.